The summed E-state index contributed by atoms with van der Waals surface area (Å²) in [5.41, 5.74) is -0.817. The first-order valence-corrected chi connectivity index (χ1v) is 4.91. The van der Waals surface area contributed by atoms with Gasteiger partial charge in [0.05, 0.1) is 5.60 Å². The van der Waals surface area contributed by atoms with Gasteiger partial charge < -0.3 is 15.5 Å². The lowest BCUT2D eigenvalue weighted by Crippen LogP contribution is -2.29. The Morgan fingerprint density at radius 3 is 2.79 bits per heavy atom. The fraction of sp³-hybridized carbons (Fsp3) is 0.500. The summed E-state index contributed by atoms with van der Waals surface area (Å²) >= 11 is 1.20. The Kier molecular flexibility index (Phi) is 3.07. The van der Waals surface area contributed by atoms with Gasteiger partial charge in [-0.15, -0.1) is 11.3 Å². The summed E-state index contributed by atoms with van der Waals surface area (Å²) in [4.78, 5) is 14.3. The van der Waals surface area contributed by atoms with Gasteiger partial charge in [-0.1, -0.05) is 0 Å². The second-order valence-corrected chi connectivity index (χ2v) is 4.37. The number of carboxylic acid groups (broad SMARTS) is 1. The highest BCUT2D eigenvalue weighted by atomic mass is 32.1. The van der Waals surface area contributed by atoms with E-state index in [0.717, 1.165) is 0 Å². The van der Waals surface area contributed by atoms with Gasteiger partial charge >= 0.3 is 5.97 Å². The van der Waals surface area contributed by atoms with Crippen molar-refractivity contribution in [1.29, 1.82) is 0 Å². The smallest absolute Gasteiger partial charge is 0.355 e. The molecular weight excluding hydrogens is 204 g/mol. The van der Waals surface area contributed by atoms with Gasteiger partial charge in [-0.05, 0) is 13.8 Å². The molecule has 6 heteroatoms. The molecule has 1 aromatic rings. The third-order valence-electron chi connectivity index (χ3n) is 1.40. The van der Waals surface area contributed by atoms with Crippen molar-refractivity contribution in [3.05, 3.63) is 11.1 Å². The van der Waals surface area contributed by atoms with Gasteiger partial charge in [-0.3, -0.25) is 0 Å². The summed E-state index contributed by atoms with van der Waals surface area (Å²) in [7, 11) is 0. The van der Waals surface area contributed by atoms with E-state index in [1.807, 2.05) is 0 Å². The first kappa shape index (κ1) is 10.9. The van der Waals surface area contributed by atoms with Crippen LogP contribution in [-0.4, -0.2) is 33.3 Å². The molecular formula is C8H12N2O3S. The van der Waals surface area contributed by atoms with Crippen LogP contribution >= 0.6 is 11.3 Å². The van der Waals surface area contributed by atoms with Crippen LogP contribution in [0.25, 0.3) is 0 Å². The number of nitrogens with zero attached hydrogens (tertiary/aromatic N) is 1. The van der Waals surface area contributed by atoms with Gasteiger partial charge in [-0.2, -0.15) is 0 Å². The van der Waals surface area contributed by atoms with E-state index >= 15 is 0 Å². The minimum Gasteiger partial charge on any atom is -0.476 e. The Bertz CT molecular complexity index is 330. The Morgan fingerprint density at radius 2 is 2.36 bits per heavy atom. The van der Waals surface area contributed by atoms with E-state index in [9.17, 15) is 9.90 Å². The summed E-state index contributed by atoms with van der Waals surface area (Å²) in [5.74, 6) is -1.04. The zero-order chi connectivity index (χ0) is 10.8. The molecule has 0 bridgehead atoms. The van der Waals surface area contributed by atoms with E-state index in [2.05, 4.69) is 10.3 Å². The average Bonchev–Trinajstić information content (AvgIpc) is 2.47. The van der Waals surface area contributed by atoms with Crippen molar-refractivity contribution in [2.45, 2.75) is 19.4 Å². The molecule has 0 amide bonds. The summed E-state index contributed by atoms with van der Waals surface area (Å²) in [6.45, 7) is 3.65. The van der Waals surface area contributed by atoms with Gasteiger partial charge in [-0.25, -0.2) is 9.78 Å². The van der Waals surface area contributed by atoms with E-state index in [0.29, 0.717) is 11.7 Å². The fourth-order valence-corrected chi connectivity index (χ4v) is 1.43. The number of carboxylic acids is 1. The standard InChI is InChI=1S/C8H12N2O3S/c1-8(2,13)4-9-7-10-5(3-14-7)6(11)12/h3,13H,4H2,1-2H3,(H,9,10)(H,11,12). The molecule has 5 nitrogen and oxygen atoms in total. The number of rotatable bonds is 4. The molecule has 0 aromatic carbocycles. The summed E-state index contributed by atoms with van der Waals surface area (Å²) in [6.07, 6.45) is 0. The highest BCUT2D eigenvalue weighted by Gasteiger charge is 2.14. The normalized spacial score (nSPS) is 11.4. The quantitative estimate of drug-likeness (QED) is 0.700. The maximum atomic E-state index is 10.5. The molecule has 0 fully saturated rings. The molecule has 0 aliphatic heterocycles. The number of hydrogen-bond acceptors (Lipinski definition) is 5. The molecule has 0 unspecified atom stereocenters. The Morgan fingerprint density at radius 1 is 1.71 bits per heavy atom. The van der Waals surface area contributed by atoms with E-state index in [1.54, 1.807) is 13.8 Å². The second-order valence-electron chi connectivity index (χ2n) is 3.51. The van der Waals surface area contributed by atoms with E-state index in [1.165, 1.54) is 16.7 Å². The van der Waals surface area contributed by atoms with Crippen LogP contribution in [0.15, 0.2) is 5.38 Å². The molecule has 14 heavy (non-hydrogen) atoms. The van der Waals surface area contributed by atoms with Gasteiger partial charge in [0.1, 0.15) is 0 Å². The topological polar surface area (TPSA) is 82.5 Å². The SMILES string of the molecule is CC(C)(O)CNc1nc(C(=O)O)cs1. The molecule has 0 saturated heterocycles. The van der Waals surface area contributed by atoms with Crippen LogP contribution in [0.5, 0.6) is 0 Å². The lowest BCUT2D eigenvalue weighted by Gasteiger charge is -2.16. The number of thiazole rings is 1. The van der Waals surface area contributed by atoms with Crippen molar-refractivity contribution >= 4 is 22.4 Å². The highest BCUT2D eigenvalue weighted by Crippen LogP contribution is 2.16. The van der Waals surface area contributed by atoms with Crippen LogP contribution < -0.4 is 5.32 Å². The van der Waals surface area contributed by atoms with Crippen LogP contribution in [0.4, 0.5) is 5.13 Å². The minimum atomic E-state index is -1.04. The van der Waals surface area contributed by atoms with Crippen molar-refractivity contribution in [2.24, 2.45) is 0 Å². The number of aromatic carboxylic acids is 1. The predicted molar refractivity (Wildman–Crippen MR) is 53.9 cm³/mol. The van der Waals surface area contributed by atoms with Crippen LogP contribution in [-0.2, 0) is 0 Å². The third-order valence-corrected chi connectivity index (χ3v) is 2.20. The van der Waals surface area contributed by atoms with Crippen LogP contribution in [0.3, 0.4) is 0 Å². The molecule has 0 atom stereocenters. The zero-order valence-electron chi connectivity index (χ0n) is 7.94. The maximum absolute atomic E-state index is 10.5. The van der Waals surface area contributed by atoms with Gasteiger partial charge in [0.15, 0.2) is 10.8 Å². The number of carbonyl (C=O) groups is 1. The van der Waals surface area contributed by atoms with E-state index in [4.69, 9.17) is 5.11 Å². The molecule has 0 saturated carbocycles. The molecule has 1 aromatic heterocycles. The summed E-state index contributed by atoms with van der Waals surface area (Å²) in [6, 6.07) is 0. The Hall–Kier alpha value is -1.14. The monoisotopic (exact) mass is 216 g/mol. The minimum absolute atomic E-state index is 0.0215. The van der Waals surface area contributed by atoms with Gasteiger partial charge in [0.2, 0.25) is 0 Å². The number of aliphatic hydroxyl groups is 1. The molecule has 0 aliphatic rings. The van der Waals surface area contributed by atoms with Crippen molar-refractivity contribution in [3.8, 4) is 0 Å². The lowest BCUT2D eigenvalue weighted by atomic mass is 10.1. The van der Waals surface area contributed by atoms with Gasteiger partial charge in [0.25, 0.3) is 0 Å². The number of hydrogen-bond donors (Lipinski definition) is 3. The van der Waals surface area contributed by atoms with Crippen LogP contribution in [0.2, 0.25) is 0 Å². The van der Waals surface area contributed by atoms with Crippen molar-refractivity contribution in [1.82, 2.24) is 4.98 Å². The first-order chi connectivity index (χ1) is 6.38. The Labute approximate surface area is 85.4 Å². The molecule has 3 N–H and O–H groups in total. The summed E-state index contributed by atoms with van der Waals surface area (Å²) in [5, 5.41) is 22.8. The molecule has 1 rings (SSSR count). The van der Waals surface area contributed by atoms with E-state index in [-0.39, 0.29) is 5.69 Å². The summed E-state index contributed by atoms with van der Waals surface area (Å²) < 4.78 is 0. The number of aromatic nitrogens is 1. The molecule has 1 heterocycles. The molecule has 0 aliphatic carbocycles. The zero-order valence-corrected chi connectivity index (χ0v) is 8.76. The van der Waals surface area contributed by atoms with Crippen molar-refractivity contribution < 1.29 is 15.0 Å². The molecule has 0 radical (unpaired) electrons. The van der Waals surface area contributed by atoms with Crippen LogP contribution in [0, 0.1) is 0 Å². The molecule has 78 valence electrons. The number of anilines is 1. The number of nitrogens with one attached hydrogen (secondary N) is 1. The first-order valence-electron chi connectivity index (χ1n) is 4.03. The highest BCUT2D eigenvalue weighted by molar-refractivity contribution is 7.13. The maximum Gasteiger partial charge on any atom is 0.355 e. The third kappa shape index (κ3) is 3.31. The van der Waals surface area contributed by atoms with Crippen molar-refractivity contribution in [2.75, 3.05) is 11.9 Å². The van der Waals surface area contributed by atoms with Crippen LogP contribution in [0.1, 0.15) is 24.3 Å². The Balaban J connectivity index is 2.56. The predicted octanol–water partition coefficient (Wildman–Crippen LogP) is 1.02. The lowest BCUT2D eigenvalue weighted by molar-refractivity contribution is 0.0691. The fourth-order valence-electron chi connectivity index (χ4n) is 0.745. The largest absolute Gasteiger partial charge is 0.476 e. The second kappa shape index (κ2) is 3.93. The van der Waals surface area contributed by atoms with Crippen molar-refractivity contribution in [3.63, 3.8) is 0 Å². The van der Waals surface area contributed by atoms with E-state index < -0.39 is 11.6 Å². The van der Waals surface area contributed by atoms with Gasteiger partial charge in [0, 0.05) is 11.9 Å². The molecule has 0 spiro atoms. The average molecular weight is 216 g/mol.